The van der Waals surface area contributed by atoms with Gasteiger partial charge in [0.15, 0.2) is 0 Å². The van der Waals surface area contributed by atoms with Gasteiger partial charge in [0.1, 0.15) is 0 Å². The molecule has 0 unspecified atom stereocenters. The Balaban J connectivity index is 1.64. The van der Waals surface area contributed by atoms with Gasteiger partial charge in [0.2, 0.25) is 0 Å². The Bertz CT molecular complexity index is 1440. The Kier molecular flexibility index (Phi) is 5.25. The van der Waals surface area contributed by atoms with Crippen LogP contribution >= 0.6 is 0 Å². The molecule has 0 aromatic heterocycles. The number of fused-ring (bicyclic) bond motifs is 3. The van der Waals surface area contributed by atoms with Crippen molar-refractivity contribution in [3.63, 3.8) is 0 Å². The van der Waals surface area contributed by atoms with Crippen molar-refractivity contribution in [2.45, 2.75) is 22.3 Å². The molecule has 4 aromatic carbocycles. The minimum atomic E-state index is -3.85. The maximum absolute atomic E-state index is 5.47. The summed E-state index contributed by atoms with van der Waals surface area (Å²) in [5.74, 6) is 0. The van der Waals surface area contributed by atoms with Crippen LogP contribution in [-0.2, 0) is 30.7 Å². The quantitative estimate of drug-likeness (QED) is 0.228. The maximum atomic E-state index is 5.47. The summed E-state index contributed by atoms with van der Waals surface area (Å²) in [5.41, 5.74) is 8.61. The number of hydrogen-bond acceptors (Lipinski definition) is 0. The van der Waals surface area contributed by atoms with E-state index in [-0.39, 0.29) is 0 Å². The second kappa shape index (κ2) is 8.31. The first-order valence-corrected chi connectivity index (χ1v) is 17.2. The van der Waals surface area contributed by atoms with E-state index in [0.717, 1.165) is 22.3 Å². The Labute approximate surface area is 203 Å². The molecular weight excluding hydrogens is 444 g/mol. The molecule has 0 N–H and O–H groups in total. The third-order valence-corrected chi connectivity index (χ3v) is 18.2. The summed E-state index contributed by atoms with van der Waals surface area (Å²) in [6.45, 7) is 0. The molecule has 0 aliphatic heterocycles. The van der Waals surface area contributed by atoms with Crippen LogP contribution in [0.4, 0.5) is 0 Å². The van der Waals surface area contributed by atoms with Gasteiger partial charge in [-0.15, -0.1) is 0 Å². The predicted octanol–water partition coefficient (Wildman–Crippen LogP) is 7.25. The van der Waals surface area contributed by atoms with E-state index < -0.39 is 14.8 Å². The number of rotatable bonds is 6. The first-order valence-electron chi connectivity index (χ1n) is 12.3. The van der Waals surface area contributed by atoms with Gasteiger partial charge in [-0.2, -0.15) is 0 Å². The molecule has 2 aliphatic carbocycles. The third-order valence-electron chi connectivity index (χ3n) is 8.12. The van der Waals surface area contributed by atoms with Gasteiger partial charge in [-0.25, -0.2) is 0 Å². The van der Waals surface area contributed by atoms with Crippen LogP contribution in [0.25, 0.3) is 11.1 Å². The average Bonchev–Trinajstić information content (AvgIpc) is 3.54. The Morgan fingerprint density at radius 3 is 1.91 bits per heavy atom. The van der Waals surface area contributed by atoms with Crippen molar-refractivity contribution in [2.75, 3.05) is 0 Å². The van der Waals surface area contributed by atoms with E-state index in [2.05, 4.69) is 121 Å². The van der Waals surface area contributed by atoms with Crippen LogP contribution in [0.5, 0.6) is 0 Å². The van der Waals surface area contributed by atoms with Crippen molar-refractivity contribution in [1.82, 2.24) is 0 Å². The van der Waals surface area contributed by atoms with Gasteiger partial charge < -0.3 is 0 Å². The van der Waals surface area contributed by atoms with Gasteiger partial charge in [0, 0.05) is 0 Å². The predicted molar refractivity (Wildman–Crippen MR) is 144 cm³/mol. The molecule has 6 rings (SSSR count). The van der Waals surface area contributed by atoms with Crippen molar-refractivity contribution < 1.29 is 14.8 Å². The summed E-state index contributed by atoms with van der Waals surface area (Å²) in [4.78, 5) is 5.47. The second-order valence-electron chi connectivity index (χ2n) is 10.3. The molecule has 0 heterocycles. The van der Waals surface area contributed by atoms with E-state index >= 15 is 0 Å². The van der Waals surface area contributed by atoms with Crippen LogP contribution in [0.15, 0.2) is 125 Å². The summed E-state index contributed by atoms with van der Waals surface area (Å²) >= 11 is -3.85. The topological polar surface area (TPSA) is 0 Å². The van der Waals surface area contributed by atoms with Crippen LogP contribution in [0.1, 0.15) is 28.7 Å². The molecule has 0 nitrogen and oxygen atoms in total. The van der Waals surface area contributed by atoms with Crippen LogP contribution in [0, 0.1) is 0 Å². The number of allylic oxidation sites excluding steroid dienone is 4. The normalized spacial score (nSPS) is 14.6. The molecular formula is C33H30Ti. The minimum absolute atomic E-state index is 1.01. The van der Waals surface area contributed by atoms with Gasteiger partial charge in [-0.3, -0.25) is 0 Å². The SMILES string of the molecule is [CH2]=[Ti]([CH2]c1ccccc1)([CH2]c1ccccc1)([C]1=CC=CC1)[c]1cccc2c1Cc1ccccc1-2. The number of hydrogen-bond donors (Lipinski definition) is 0. The van der Waals surface area contributed by atoms with Crippen molar-refractivity contribution in [3.8, 4) is 11.1 Å². The standard InChI is InChI=1S/C13H9.2C7H7.C5H5.CH2.Ti/c1-3-7-12-10(5-1)9-11-6-2-4-8-13(11)12;2*1-7-5-3-2-4-6-7;1-2-4-5-3-1;;/h1-5,7-8H,9H2;2*2-6H,1H2;1-3H,4H2;1H2;. The van der Waals surface area contributed by atoms with Gasteiger partial charge in [0.25, 0.3) is 0 Å². The molecule has 0 fully saturated rings. The van der Waals surface area contributed by atoms with Gasteiger partial charge in [-0.1, -0.05) is 0 Å². The van der Waals surface area contributed by atoms with Crippen LogP contribution < -0.4 is 3.87 Å². The monoisotopic (exact) mass is 474 g/mol. The van der Waals surface area contributed by atoms with Crippen molar-refractivity contribution in [3.05, 3.63) is 147 Å². The number of benzene rings is 4. The molecule has 0 atom stereocenters. The molecule has 34 heavy (non-hydrogen) atoms. The first-order chi connectivity index (χ1) is 16.6. The molecule has 0 spiro atoms. The molecule has 0 saturated carbocycles. The summed E-state index contributed by atoms with van der Waals surface area (Å²) in [7, 11) is 0. The molecule has 0 amide bonds. The zero-order chi connectivity index (χ0) is 23.0. The molecule has 0 saturated heterocycles. The van der Waals surface area contributed by atoms with Crippen molar-refractivity contribution in [1.29, 1.82) is 0 Å². The van der Waals surface area contributed by atoms with Crippen LogP contribution in [0.3, 0.4) is 0 Å². The average molecular weight is 474 g/mol. The van der Waals surface area contributed by atoms with E-state index in [9.17, 15) is 0 Å². The molecule has 2 aliphatic rings. The second-order valence-corrected chi connectivity index (χ2v) is 19.2. The third kappa shape index (κ3) is 3.45. The summed E-state index contributed by atoms with van der Waals surface area (Å²) in [5, 5.41) is 0. The van der Waals surface area contributed by atoms with Gasteiger partial charge in [0.05, 0.1) is 0 Å². The summed E-state index contributed by atoms with van der Waals surface area (Å²) < 4.78 is 5.25. The van der Waals surface area contributed by atoms with E-state index in [1.54, 1.807) is 7.75 Å². The van der Waals surface area contributed by atoms with Gasteiger partial charge in [-0.05, 0) is 0 Å². The van der Waals surface area contributed by atoms with E-state index in [1.807, 2.05) is 0 Å². The molecule has 166 valence electrons. The molecule has 1 heteroatoms. The van der Waals surface area contributed by atoms with Crippen molar-refractivity contribution in [2.24, 2.45) is 0 Å². The summed E-state index contributed by atoms with van der Waals surface area (Å²) in [6, 6.07) is 38.2. The first kappa shape index (κ1) is 21.5. The van der Waals surface area contributed by atoms with Crippen molar-refractivity contribution >= 4 is 8.69 Å². The van der Waals surface area contributed by atoms with E-state index in [4.69, 9.17) is 4.82 Å². The molecule has 0 bridgehead atoms. The fourth-order valence-corrected chi connectivity index (χ4v) is 16.7. The Morgan fingerprint density at radius 2 is 1.26 bits per heavy atom. The van der Waals surface area contributed by atoms with Crippen LogP contribution in [0.2, 0.25) is 0 Å². The zero-order valence-corrected chi connectivity index (χ0v) is 21.1. The molecule has 0 radical (unpaired) electrons. The zero-order valence-electron chi connectivity index (χ0n) is 19.6. The summed E-state index contributed by atoms with van der Waals surface area (Å²) in [6.07, 6.45) is 9.05. The molecule has 4 aromatic rings. The Morgan fingerprint density at radius 1 is 0.647 bits per heavy atom. The Hall–Kier alpha value is -3.06. The van der Waals surface area contributed by atoms with E-state index in [0.29, 0.717) is 0 Å². The van der Waals surface area contributed by atoms with Crippen LogP contribution in [-0.4, -0.2) is 4.82 Å². The van der Waals surface area contributed by atoms with Gasteiger partial charge >= 0.3 is 204 Å². The fourth-order valence-electron chi connectivity index (χ4n) is 6.53. The fraction of sp³-hybridized carbons (Fsp3) is 0.121. The van der Waals surface area contributed by atoms with E-state index in [1.165, 1.54) is 33.4 Å².